The van der Waals surface area contributed by atoms with E-state index in [0.29, 0.717) is 45.8 Å². The Morgan fingerprint density at radius 3 is 1.64 bits per heavy atom. The number of amides is 1. The van der Waals surface area contributed by atoms with Gasteiger partial charge in [0, 0.05) is 61.8 Å². The number of methoxy groups -OCH3 is 6. The van der Waals surface area contributed by atoms with Crippen LogP contribution in [0.25, 0.3) is 22.5 Å². The normalized spacial score (nSPS) is 13.5. The lowest BCUT2D eigenvalue weighted by atomic mass is 10.0. The predicted molar refractivity (Wildman–Crippen MR) is 179 cm³/mol. The summed E-state index contributed by atoms with van der Waals surface area (Å²) in [5, 5.41) is 0. The largest absolute Gasteiger partial charge is 0.493 e. The molecule has 1 aliphatic rings. The lowest BCUT2D eigenvalue weighted by molar-refractivity contribution is 0.0636. The van der Waals surface area contributed by atoms with Gasteiger partial charge in [-0.3, -0.25) is 19.7 Å². The molecule has 11 heteroatoms. The molecule has 11 nitrogen and oxygen atoms in total. The molecule has 1 amide bonds. The smallest absolute Gasteiger partial charge is 0.253 e. The Morgan fingerprint density at radius 2 is 1.17 bits per heavy atom. The summed E-state index contributed by atoms with van der Waals surface area (Å²) < 4.78 is 33.0. The number of hydrogen-bond donors (Lipinski definition) is 0. The van der Waals surface area contributed by atoms with Crippen molar-refractivity contribution < 1.29 is 33.2 Å². The molecule has 0 saturated carbocycles. The van der Waals surface area contributed by atoms with E-state index >= 15 is 0 Å². The molecule has 248 valence electrons. The minimum atomic E-state index is -0.0383. The molecule has 0 unspecified atom stereocenters. The molecule has 47 heavy (non-hydrogen) atoms. The van der Waals surface area contributed by atoms with Crippen molar-refractivity contribution in [2.24, 2.45) is 0 Å². The maximum atomic E-state index is 13.6. The summed E-state index contributed by atoms with van der Waals surface area (Å²) in [7, 11) is 11.4. The summed E-state index contributed by atoms with van der Waals surface area (Å²) in [6, 6.07) is 15.3. The van der Waals surface area contributed by atoms with Gasteiger partial charge in [-0.15, -0.1) is 0 Å². The fourth-order valence-electron chi connectivity index (χ4n) is 6.00. The molecule has 0 radical (unpaired) electrons. The van der Waals surface area contributed by atoms with Gasteiger partial charge >= 0.3 is 0 Å². The van der Waals surface area contributed by atoms with Crippen molar-refractivity contribution in [3.63, 3.8) is 0 Å². The Balaban J connectivity index is 1.24. The van der Waals surface area contributed by atoms with Crippen molar-refractivity contribution in [1.29, 1.82) is 0 Å². The van der Waals surface area contributed by atoms with Crippen LogP contribution in [0.15, 0.2) is 60.9 Å². The lowest BCUT2D eigenvalue weighted by Crippen LogP contribution is -2.45. The predicted octanol–water partition coefficient (Wildman–Crippen LogP) is 5.60. The molecule has 0 N–H and O–H groups in total. The number of piperidine rings is 1. The first-order chi connectivity index (χ1) is 22.8. The standard InChI is InChI=1S/C36H42N4O7/c1-39(36(41)24-9-13-38-29(17-24)26-20-32(44-4)35(47-7)33(21-26)45-5)27-10-14-40(15-11-27)22-23-8-12-37-28(16-23)25-18-30(42-2)34(46-6)31(19-25)43-3/h8-9,12-13,16-21,27H,10-11,14-15,22H2,1-7H3. The molecular weight excluding hydrogens is 600 g/mol. The Bertz CT molecular complexity index is 1650. The number of rotatable bonds is 12. The molecule has 2 aromatic carbocycles. The molecule has 5 rings (SSSR count). The van der Waals surface area contributed by atoms with Gasteiger partial charge < -0.3 is 33.3 Å². The first-order valence-electron chi connectivity index (χ1n) is 15.3. The van der Waals surface area contributed by atoms with Crippen LogP contribution in [-0.4, -0.2) is 94.5 Å². The van der Waals surface area contributed by atoms with Crippen LogP contribution in [0.4, 0.5) is 0 Å². The average molecular weight is 643 g/mol. The number of nitrogens with zero attached hydrogens (tertiary/aromatic N) is 4. The second-order valence-electron chi connectivity index (χ2n) is 11.2. The number of pyridine rings is 2. The molecule has 0 spiro atoms. The number of carbonyl (C=O) groups excluding carboxylic acids is 1. The highest BCUT2D eigenvalue weighted by Gasteiger charge is 2.27. The summed E-state index contributed by atoms with van der Waals surface area (Å²) in [5.41, 5.74) is 4.83. The minimum absolute atomic E-state index is 0.0383. The highest BCUT2D eigenvalue weighted by atomic mass is 16.5. The Kier molecular flexibility index (Phi) is 10.7. The van der Waals surface area contributed by atoms with Crippen molar-refractivity contribution in [2.45, 2.75) is 25.4 Å². The van der Waals surface area contributed by atoms with Gasteiger partial charge in [0.05, 0.1) is 54.0 Å². The van der Waals surface area contributed by atoms with E-state index in [0.717, 1.165) is 54.9 Å². The van der Waals surface area contributed by atoms with Gasteiger partial charge in [-0.25, -0.2) is 0 Å². The van der Waals surface area contributed by atoms with Crippen LogP contribution in [0.2, 0.25) is 0 Å². The first-order valence-corrected chi connectivity index (χ1v) is 15.3. The third kappa shape index (κ3) is 7.20. The zero-order valence-corrected chi connectivity index (χ0v) is 28.0. The van der Waals surface area contributed by atoms with E-state index in [9.17, 15) is 4.79 Å². The van der Waals surface area contributed by atoms with Crippen LogP contribution < -0.4 is 28.4 Å². The fourth-order valence-corrected chi connectivity index (χ4v) is 6.00. The Labute approximate surface area is 276 Å². The molecule has 2 aromatic heterocycles. The molecule has 3 heterocycles. The topological polar surface area (TPSA) is 105 Å². The van der Waals surface area contributed by atoms with Gasteiger partial charge in [-0.05, 0) is 66.9 Å². The van der Waals surface area contributed by atoms with E-state index < -0.39 is 0 Å². The summed E-state index contributed by atoms with van der Waals surface area (Å²) >= 11 is 0. The number of carbonyl (C=O) groups is 1. The molecule has 1 aliphatic heterocycles. The van der Waals surface area contributed by atoms with E-state index in [2.05, 4.69) is 20.9 Å². The second-order valence-corrected chi connectivity index (χ2v) is 11.2. The number of hydrogen-bond acceptors (Lipinski definition) is 10. The van der Waals surface area contributed by atoms with E-state index in [4.69, 9.17) is 28.4 Å². The molecule has 0 atom stereocenters. The number of aromatic nitrogens is 2. The Hall–Kier alpha value is -5.03. The van der Waals surface area contributed by atoms with E-state index in [-0.39, 0.29) is 11.9 Å². The van der Waals surface area contributed by atoms with Gasteiger partial charge in [0.2, 0.25) is 11.5 Å². The highest BCUT2D eigenvalue weighted by Crippen LogP contribution is 2.42. The van der Waals surface area contributed by atoms with Crippen molar-refractivity contribution in [2.75, 3.05) is 62.8 Å². The van der Waals surface area contributed by atoms with Crippen molar-refractivity contribution >= 4 is 5.91 Å². The van der Waals surface area contributed by atoms with Gasteiger partial charge in [-0.1, -0.05) is 0 Å². The van der Waals surface area contributed by atoms with Crippen LogP contribution in [0.5, 0.6) is 34.5 Å². The Morgan fingerprint density at radius 1 is 0.702 bits per heavy atom. The molecule has 0 aliphatic carbocycles. The van der Waals surface area contributed by atoms with Crippen LogP contribution >= 0.6 is 0 Å². The van der Waals surface area contributed by atoms with E-state index in [1.165, 1.54) is 0 Å². The van der Waals surface area contributed by atoms with Crippen molar-refractivity contribution in [3.05, 3.63) is 72.1 Å². The van der Waals surface area contributed by atoms with Gasteiger partial charge in [0.25, 0.3) is 5.91 Å². The number of ether oxygens (including phenoxy) is 6. The van der Waals surface area contributed by atoms with Crippen LogP contribution in [0.3, 0.4) is 0 Å². The number of benzene rings is 2. The maximum Gasteiger partial charge on any atom is 0.253 e. The zero-order chi connectivity index (χ0) is 33.5. The molecular formula is C36H42N4O7. The lowest BCUT2D eigenvalue weighted by Gasteiger charge is -2.37. The molecule has 4 aromatic rings. The van der Waals surface area contributed by atoms with E-state index in [1.807, 2.05) is 54.5 Å². The molecule has 0 bridgehead atoms. The first kappa shape index (κ1) is 33.3. The summed E-state index contributed by atoms with van der Waals surface area (Å²) in [6.07, 6.45) is 5.23. The summed E-state index contributed by atoms with van der Waals surface area (Å²) in [6.45, 7) is 2.53. The van der Waals surface area contributed by atoms with Crippen LogP contribution in [0.1, 0.15) is 28.8 Å². The van der Waals surface area contributed by atoms with Crippen molar-refractivity contribution in [3.8, 4) is 57.0 Å². The highest BCUT2D eigenvalue weighted by molar-refractivity contribution is 5.95. The number of likely N-dealkylation sites (tertiary alicyclic amines) is 1. The van der Waals surface area contributed by atoms with Crippen molar-refractivity contribution in [1.82, 2.24) is 19.8 Å². The second kappa shape index (κ2) is 15.0. The van der Waals surface area contributed by atoms with Crippen LogP contribution in [-0.2, 0) is 6.54 Å². The maximum absolute atomic E-state index is 13.6. The van der Waals surface area contributed by atoms with Gasteiger partial charge in [0.15, 0.2) is 23.0 Å². The summed E-state index contributed by atoms with van der Waals surface area (Å²) in [4.78, 5) is 27.0. The van der Waals surface area contributed by atoms with Gasteiger partial charge in [-0.2, -0.15) is 0 Å². The zero-order valence-electron chi connectivity index (χ0n) is 28.0. The van der Waals surface area contributed by atoms with E-state index in [1.54, 1.807) is 54.9 Å². The SMILES string of the molecule is COc1cc(-c2cc(CN3CCC(N(C)C(=O)c4ccnc(-c5cc(OC)c(OC)c(OC)c5)c4)CC3)ccn2)cc(OC)c1OC. The quantitative estimate of drug-likeness (QED) is 0.194. The monoisotopic (exact) mass is 642 g/mol. The molecule has 1 saturated heterocycles. The summed E-state index contributed by atoms with van der Waals surface area (Å²) in [5.74, 6) is 3.22. The van der Waals surface area contributed by atoms with Crippen LogP contribution in [0, 0.1) is 0 Å². The third-order valence-electron chi connectivity index (χ3n) is 8.58. The van der Waals surface area contributed by atoms with Gasteiger partial charge in [0.1, 0.15) is 0 Å². The third-order valence-corrected chi connectivity index (χ3v) is 8.58. The fraction of sp³-hybridized carbons (Fsp3) is 0.361. The average Bonchev–Trinajstić information content (AvgIpc) is 3.13. The molecule has 1 fully saturated rings. The minimum Gasteiger partial charge on any atom is -0.493 e.